The molecule has 0 bridgehead atoms. The number of rotatable bonds is 3. The first-order chi connectivity index (χ1) is 7.58. The van der Waals surface area contributed by atoms with E-state index in [-0.39, 0.29) is 0 Å². The number of hydrogen-bond acceptors (Lipinski definition) is 5. The fraction of sp³-hybridized carbons (Fsp3) is 0.364. The smallest absolute Gasteiger partial charge is 0.298 e. The van der Waals surface area contributed by atoms with E-state index in [4.69, 9.17) is 10.2 Å². The van der Waals surface area contributed by atoms with Crippen molar-refractivity contribution in [1.82, 2.24) is 4.98 Å². The van der Waals surface area contributed by atoms with Gasteiger partial charge in [-0.15, -0.1) is 0 Å². The lowest BCUT2D eigenvalue weighted by Crippen LogP contribution is -2.26. The molecule has 0 amide bonds. The van der Waals surface area contributed by atoms with Crippen LogP contribution in [-0.4, -0.2) is 29.8 Å². The van der Waals surface area contributed by atoms with Crippen molar-refractivity contribution in [3.05, 3.63) is 18.2 Å². The molecule has 0 fully saturated rings. The number of nitrogens with zero attached hydrogens (tertiary/aromatic N) is 2. The third kappa shape index (κ3) is 1.94. The maximum absolute atomic E-state index is 9.28. The van der Waals surface area contributed by atoms with Crippen LogP contribution < -0.4 is 10.6 Å². The molecule has 0 radical (unpaired) electrons. The molecule has 0 aliphatic heterocycles. The third-order valence-corrected chi connectivity index (χ3v) is 2.30. The Morgan fingerprint density at radius 3 is 2.94 bits per heavy atom. The van der Waals surface area contributed by atoms with Crippen LogP contribution in [0, 0.1) is 0 Å². The Morgan fingerprint density at radius 2 is 2.31 bits per heavy atom. The highest BCUT2D eigenvalue weighted by Gasteiger charge is 2.13. The second-order valence-corrected chi connectivity index (χ2v) is 3.92. The zero-order chi connectivity index (χ0) is 11.7. The largest absolute Gasteiger partial charge is 0.423 e. The van der Waals surface area contributed by atoms with Crippen LogP contribution in [0.5, 0.6) is 0 Å². The fourth-order valence-electron chi connectivity index (χ4n) is 1.60. The Bertz CT molecular complexity index is 493. The van der Waals surface area contributed by atoms with Gasteiger partial charge in [0, 0.05) is 13.6 Å². The molecule has 0 aliphatic rings. The van der Waals surface area contributed by atoms with Gasteiger partial charge in [0.15, 0.2) is 5.58 Å². The Hall–Kier alpha value is -1.75. The molecule has 1 atom stereocenters. The molecule has 5 nitrogen and oxygen atoms in total. The summed E-state index contributed by atoms with van der Waals surface area (Å²) in [6.07, 6.45) is -0.433. The number of nitrogens with two attached hydrogens (primary N) is 1. The standard InChI is InChI=1S/C11H15N3O2/c1-7(15)6-14(2)11-13-10-8(12)4-3-5-9(10)16-11/h3-5,7,15H,6,12H2,1-2H3. The minimum absolute atomic E-state index is 0.433. The molecule has 0 spiro atoms. The van der Waals surface area contributed by atoms with Crippen LogP contribution in [0.2, 0.25) is 0 Å². The summed E-state index contributed by atoms with van der Waals surface area (Å²) in [5.74, 6) is 0. The van der Waals surface area contributed by atoms with Gasteiger partial charge in [-0.3, -0.25) is 0 Å². The van der Waals surface area contributed by atoms with Gasteiger partial charge in [0.05, 0.1) is 11.8 Å². The summed E-state index contributed by atoms with van der Waals surface area (Å²) in [7, 11) is 1.81. The molecule has 2 rings (SSSR count). The van der Waals surface area contributed by atoms with Crippen molar-refractivity contribution in [3.8, 4) is 0 Å². The zero-order valence-electron chi connectivity index (χ0n) is 9.34. The molecule has 1 unspecified atom stereocenters. The zero-order valence-corrected chi connectivity index (χ0v) is 9.34. The lowest BCUT2D eigenvalue weighted by atomic mass is 10.3. The van der Waals surface area contributed by atoms with Gasteiger partial charge >= 0.3 is 0 Å². The Morgan fingerprint density at radius 1 is 1.56 bits per heavy atom. The average molecular weight is 221 g/mol. The van der Waals surface area contributed by atoms with Crippen molar-refractivity contribution < 1.29 is 9.52 Å². The summed E-state index contributed by atoms with van der Waals surface area (Å²) in [5, 5.41) is 9.28. The highest BCUT2D eigenvalue weighted by molar-refractivity contribution is 5.86. The quantitative estimate of drug-likeness (QED) is 0.762. The molecular formula is C11H15N3O2. The number of aromatic nitrogens is 1. The summed E-state index contributed by atoms with van der Waals surface area (Å²) in [6.45, 7) is 2.18. The van der Waals surface area contributed by atoms with E-state index in [9.17, 15) is 5.11 Å². The molecule has 86 valence electrons. The van der Waals surface area contributed by atoms with Crippen molar-refractivity contribution in [1.29, 1.82) is 0 Å². The summed E-state index contributed by atoms with van der Waals surface area (Å²) >= 11 is 0. The van der Waals surface area contributed by atoms with E-state index < -0.39 is 6.10 Å². The number of likely N-dealkylation sites (N-methyl/N-ethyl adjacent to an activating group) is 1. The van der Waals surface area contributed by atoms with Crippen LogP contribution in [0.25, 0.3) is 11.1 Å². The van der Waals surface area contributed by atoms with Crippen LogP contribution in [-0.2, 0) is 0 Å². The van der Waals surface area contributed by atoms with Crippen molar-refractivity contribution in [2.75, 3.05) is 24.2 Å². The SMILES string of the molecule is CC(O)CN(C)c1nc2c(N)cccc2o1. The van der Waals surface area contributed by atoms with Gasteiger partial charge in [-0.2, -0.15) is 4.98 Å². The number of anilines is 2. The molecule has 16 heavy (non-hydrogen) atoms. The van der Waals surface area contributed by atoms with Gasteiger partial charge in [-0.25, -0.2) is 0 Å². The predicted molar refractivity (Wildman–Crippen MR) is 63.4 cm³/mol. The first-order valence-electron chi connectivity index (χ1n) is 5.12. The van der Waals surface area contributed by atoms with E-state index in [1.54, 1.807) is 17.9 Å². The van der Waals surface area contributed by atoms with E-state index in [0.29, 0.717) is 29.3 Å². The van der Waals surface area contributed by atoms with Crippen molar-refractivity contribution in [2.45, 2.75) is 13.0 Å². The summed E-state index contributed by atoms with van der Waals surface area (Å²) in [5.41, 5.74) is 7.70. The third-order valence-electron chi connectivity index (χ3n) is 2.30. The number of aliphatic hydroxyl groups is 1. The van der Waals surface area contributed by atoms with Gasteiger partial charge in [0.2, 0.25) is 0 Å². The normalized spacial score (nSPS) is 12.9. The van der Waals surface area contributed by atoms with E-state index in [1.807, 2.05) is 19.2 Å². The fourth-order valence-corrected chi connectivity index (χ4v) is 1.60. The number of nitrogen functional groups attached to an aromatic ring is 1. The van der Waals surface area contributed by atoms with Crippen molar-refractivity contribution >= 4 is 22.8 Å². The lowest BCUT2D eigenvalue weighted by Gasteiger charge is -2.15. The van der Waals surface area contributed by atoms with Gasteiger partial charge in [-0.1, -0.05) is 6.07 Å². The Balaban J connectivity index is 2.36. The first-order valence-corrected chi connectivity index (χ1v) is 5.12. The average Bonchev–Trinajstić information content (AvgIpc) is 2.61. The molecule has 1 aromatic carbocycles. The van der Waals surface area contributed by atoms with Crippen molar-refractivity contribution in [3.63, 3.8) is 0 Å². The van der Waals surface area contributed by atoms with Gasteiger partial charge in [-0.05, 0) is 19.1 Å². The van der Waals surface area contributed by atoms with Crippen LogP contribution in [0.3, 0.4) is 0 Å². The number of oxazole rings is 1. The summed E-state index contributed by atoms with van der Waals surface area (Å²) < 4.78 is 5.54. The second-order valence-electron chi connectivity index (χ2n) is 3.92. The van der Waals surface area contributed by atoms with Gasteiger partial charge in [0.25, 0.3) is 6.01 Å². The maximum Gasteiger partial charge on any atom is 0.298 e. The molecule has 5 heteroatoms. The Labute approximate surface area is 93.5 Å². The maximum atomic E-state index is 9.28. The minimum Gasteiger partial charge on any atom is -0.423 e. The number of para-hydroxylation sites is 1. The van der Waals surface area contributed by atoms with Gasteiger partial charge in [0.1, 0.15) is 5.52 Å². The number of fused-ring (bicyclic) bond motifs is 1. The predicted octanol–water partition coefficient (Wildman–Crippen LogP) is 1.23. The lowest BCUT2D eigenvalue weighted by molar-refractivity contribution is 0.200. The number of benzene rings is 1. The van der Waals surface area contributed by atoms with Crippen LogP contribution in [0.15, 0.2) is 22.6 Å². The molecule has 0 saturated heterocycles. The summed E-state index contributed by atoms with van der Waals surface area (Å²) in [6, 6.07) is 5.89. The molecule has 1 aromatic heterocycles. The highest BCUT2D eigenvalue weighted by Crippen LogP contribution is 2.25. The molecular weight excluding hydrogens is 206 g/mol. The van der Waals surface area contributed by atoms with Gasteiger partial charge < -0.3 is 20.2 Å². The van der Waals surface area contributed by atoms with E-state index >= 15 is 0 Å². The molecule has 0 aliphatic carbocycles. The highest BCUT2D eigenvalue weighted by atomic mass is 16.4. The number of aliphatic hydroxyl groups excluding tert-OH is 1. The topological polar surface area (TPSA) is 75.5 Å². The molecule has 3 N–H and O–H groups in total. The number of hydrogen-bond donors (Lipinski definition) is 2. The van der Waals surface area contributed by atoms with Crippen LogP contribution in [0.1, 0.15) is 6.92 Å². The van der Waals surface area contributed by atoms with Crippen LogP contribution in [0.4, 0.5) is 11.7 Å². The Kier molecular flexibility index (Phi) is 2.70. The molecule has 2 aromatic rings. The molecule has 0 saturated carbocycles. The monoisotopic (exact) mass is 221 g/mol. The van der Waals surface area contributed by atoms with E-state index in [0.717, 1.165) is 0 Å². The summed E-state index contributed by atoms with van der Waals surface area (Å²) in [4.78, 5) is 6.04. The van der Waals surface area contributed by atoms with Crippen LogP contribution >= 0.6 is 0 Å². The van der Waals surface area contributed by atoms with E-state index in [2.05, 4.69) is 4.98 Å². The second kappa shape index (κ2) is 4.02. The molecule has 1 heterocycles. The minimum atomic E-state index is -0.433. The first kappa shape index (κ1) is 10.8. The van der Waals surface area contributed by atoms with E-state index in [1.165, 1.54) is 0 Å². The van der Waals surface area contributed by atoms with Crippen molar-refractivity contribution in [2.24, 2.45) is 0 Å².